The normalized spacial score (nSPS) is 18.3. The Morgan fingerprint density at radius 3 is 2.97 bits per heavy atom. The van der Waals surface area contributed by atoms with E-state index in [1.165, 1.54) is 28.0 Å². The smallest absolute Gasteiger partial charge is 0.259 e. The lowest BCUT2D eigenvalue weighted by Gasteiger charge is -2.26. The average molecular weight is 408 g/mol. The van der Waals surface area contributed by atoms with Crippen LogP contribution in [-0.4, -0.2) is 15.9 Å². The minimum Gasteiger partial charge on any atom is -0.349 e. The van der Waals surface area contributed by atoms with Crippen LogP contribution in [0.1, 0.15) is 65.5 Å². The molecule has 29 heavy (non-hydrogen) atoms. The zero-order chi connectivity index (χ0) is 19.8. The number of aryl methyl sites for hydroxylation is 4. The Bertz CT molecular complexity index is 1130. The summed E-state index contributed by atoms with van der Waals surface area (Å²) in [5.41, 5.74) is 3.72. The van der Waals surface area contributed by atoms with Crippen LogP contribution in [0.2, 0.25) is 0 Å². The second-order valence-corrected chi connectivity index (χ2v) is 9.20. The number of nitrogens with zero attached hydrogens (tertiary/aromatic N) is 1. The predicted octanol–water partition coefficient (Wildman–Crippen LogP) is 3.99. The standard InChI is InChI=1S/C23H25N3O2S/c27-20(24-17-10-5-7-14-6-1-2-8-15(14)17)13-12-19-25-22(28)21-16-9-3-4-11-18(16)29-23(21)26-19/h1-2,6,8,17H,3-5,7,9-13H2,(H,24,27)(H,25,26,28)/t17-/m0/s1. The number of thiophene rings is 1. The van der Waals surface area contributed by atoms with Crippen molar-refractivity contribution in [3.05, 3.63) is 62.0 Å². The molecule has 1 aromatic carbocycles. The quantitative estimate of drug-likeness (QED) is 0.687. The van der Waals surface area contributed by atoms with Crippen molar-refractivity contribution in [1.29, 1.82) is 0 Å². The molecule has 1 amide bonds. The molecule has 5 nitrogen and oxygen atoms in total. The molecule has 1 atom stereocenters. The third-order valence-electron chi connectivity index (χ3n) is 6.17. The lowest BCUT2D eigenvalue weighted by molar-refractivity contribution is -0.121. The Labute approximate surface area is 173 Å². The monoisotopic (exact) mass is 407 g/mol. The van der Waals surface area contributed by atoms with Gasteiger partial charge in [-0.25, -0.2) is 4.98 Å². The first-order valence-electron chi connectivity index (χ1n) is 10.6. The molecule has 2 N–H and O–H groups in total. The maximum atomic E-state index is 12.6. The summed E-state index contributed by atoms with van der Waals surface area (Å²) in [6, 6.07) is 8.45. The summed E-state index contributed by atoms with van der Waals surface area (Å²) >= 11 is 1.65. The molecule has 5 rings (SSSR count). The number of nitrogens with one attached hydrogen (secondary N) is 2. The number of carbonyl (C=O) groups excluding carboxylic acids is 1. The van der Waals surface area contributed by atoms with Gasteiger partial charge in [0.1, 0.15) is 10.7 Å². The van der Waals surface area contributed by atoms with Crippen molar-refractivity contribution in [2.24, 2.45) is 0 Å². The number of rotatable bonds is 4. The topological polar surface area (TPSA) is 74.8 Å². The number of aromatic amines is 1. The Kier molecular flexibility index (Phi) is 4.96. The van der Waals surface area contributed by atoms with Gasteiger partial charge in [-0.1, -0.05) is 24.3 Å². The van der Waals surface area contributed by atoms with E-state index in [0.717, 1.165) is 48.7 Å². The maximum Gasteiger partial charge on any atom is 0.259 e. The van der Waals surface area contributed by atoms with Crippen LogP contribution in [0.5, 0.6) is 0 Å². The minimum absolute atomic E-state index is 0.0138. The van der Waals surface area contributed by atoms with Crippen molar-refractivity contribution in [2.45, 2.75) is 63.8 Å². The van der Waals surface area contributed by atoms with Crippen molar-refractivity contribution in [2.75, 3.05) is 0 Å². The number of fused-ring (bicyclic) bond motifs is 4. The molecule has 2 aliphatic rings. The van der Waals surface area contributed by atoms with Gasteiger partial charge in [-0.05, 0) is 61.6 Å². The molecule has 0 bridgehead atoms. The van der Waals surface area contributed by atoms with Crippen LogP contribution in [0.15, 0.2) is 29.1 Å². The van der Waals surface area contributed by atoms with Gasteiger partial charge < -0.3 is 10.3 Å². The molecule has 2 aromatic heterocycles. The first-order valence-corrected chi connectivity index (χ1v) is 11.4. The summed E-state index contributed by atoms with van der Waals surface area (Å²) in [6.07, 6.45) is 8.30. The van der Waals surface area contributed by atoms with E-state index in [2.05, 4.69) is 33.5 Å². The van der Waals surface area contributed by atoms with Crippen molar-refractivity contribution in [1.82, 2.24) is 15.3 Å². The first kappa shape index (κ1) is 18.6. The number of carbonyl (C=O) groups is 1. The molecule has 0 fully saturated rings. The lowest BCUT2D eigenvalue weighted by Crippen LogP contribution is -2.31. The Hall–Kier alpha value is -2.47. The zero-order valence-corrected chi connectivity index (χ0v) is 17.2. The van der Waals surface area contributed by atoms with Crippen LogP contribution in [0, 0.1) is 0 Å². The van der Waals surface area contributed by atoms with E-state index in [0.29, 0.717) is 18.7 Å². The van der Waals surface area contributed by atoms with Crippen LogP contribution >= 0.6 is 11.3 Å². The predicted molar refractivity (Wildman–Crippen MR) is 115 cm³/mol. The molecule has 0 saturated heterocycles. The third-order valence-corrected chi connectivity index (χ3v) is 7.35. The number of benzene rings is 1. The van der Waals surface area contributed by atoms with Gasteiger partial charge in [-0.15, -0.1) is 11.3 Å². The Morgan fingerprint density at radius 1 is 1.17 bits per heavy atom. The van der Waals surface area contributed by atoms with Gasteiger partial charge in [0.25, 0.3) is 5.56 Å². The highest BCUT2D eigenvalue weighted by Gasteiger charge is 2.22. The molecule has 3 aromatic rings. The summed E-state index contributed by atoms with van der Waals surface area (Å²) < 4.78 is 0. The van der Waals surface area contributed by atoms with Gasteiger partial charge in [0, 0.05) is 17.7 Å². The van der Waals surface area contributed by atoms with Gasteiger partial charge in [0.15, 0.2) is 0 Å². The molecule has 0 aliphatic heterocycles. The maximum absolute atomic E-state index is 12.6. The van der Waals surface area contributed by atoms with Crippen molar-refractivity contribution in [3.63, 3.8) is 0 Å². The van der Waals surface area contributed by atoms with Crippen LogP contribution in [0.4, 0.5) is 0 Å². The van der Waals surface area contributed by atoms with Crippen LogP contribution in [0.3, 0.4) is 0 Å². The zero-order valence-electron chi connectivity index (χ0n) is 16.4. The highest BCUT2D eigenvalue weighted by molar-refractivity contribution is 7.18. The molecule has 0 radical (unpaired) electrons. The molecule has 6 heteroatoms. The van der Waals surface area contributed by atoms with E-state index in [4.69, 9.17) is 0 Å². The van der Waals surface area contributed by atoms with E-state index in [1.54, 1.807) is 11.3 Å². The van der Waals surface area contributed by atoms with Crippen molar-refractivity contribution in [3.8, 4) is 0 Å². The van der Waals surface area contributed by atoms with E-state index >= 15 is 0 Å². The molecular formula is C23H25N3O2S. The van der Waals surface area contributed by atoms with Crippen LogP contribution < -0.4 is 10.9 Å². The van der Waals surface area contributed by atoms with Crippen molar-refractivity contribution >= 4 is 27.5 Å². The third kappa shape index (κ3) is 3.62. The van der Waals surface area contributed by atoms with Gasteiger partial charge in [-0.2, -0.15) is 0 Å². The van der Waals surface area contributed by atoms with E-state index < -0.39 is 0 Å². The second kappa shape index (κ2) is 7.75. The molecule has 0 unspecified atom stereocenters. The second-order valence-electron chi connectivity index (χ2n) is 8.11. The Balaban J connectivity index is 1.29. The minimum atomic E-state index is -0.0500. The van der Waals surface area contributed by atoms with Gasteiger partial charge in [0.2, 0.25) is 5.91 Å². The number of amides is 1. The highest BCUT2D eigenvalue weighted by Crippen LogP contribution is 2.33. The molecule has 150 valence electrons. The lowest BCUT2D eigenvalue weighted by atomic mass is 9.87. The highest BCUT2D eigenvalue weighted by atomic mass is 32.1. The molecular weight excluding hydrogens is 382 g/mol. The summed E-state index contributed by atoms with van der Waals surface area (Å²) in [5, 5.41) is 3.96. The Morgan fingerprint density at radius 2 is 2.03 bits per heavy atom. The number of hydrogen-bond acceptors (Lipinski definition) is 4. The van der Waals surface area contributed by atoms with Crippen molar-refractivity contribution < 1.29 is 4.79 Å². The summed E-state index contributed by atoms with van der Waals surface area (Å²) in [6.45, 7) is 0. The average Bonchev–Trinajstić information content (AvgIpc) is 3.11. The summed E-state index contributed by atoms with van der Waals surface area (Å²) in [4.78, 5) is 35.0. The van der Waals surface area contributed by atoms with Gasteiger partial charge >= 0.3 is 0 Å². The molecule has 0 spiro atoms. The van der Waals surface area contributed by atoms with E-state index in [-0.39, 0.29) is 17.5 Å². The van der Waals surface area contributed by atoms with Crippen LogP contribution in [0.25, 0.3) is 10.2 Å². The SMILES string of the molecule is O=C(CCc1nc2sc3c(c2c(=O)[nH]1)CCCC3)N[C@H]1CCCc2ccccc21. The fourth-order valence-electron chi connectivity index (χ4n) is 4.73. The van der Waals surface area contributed by atoms with Gasteiger partial charge in [0.05, 0.1) is 11.4 Å². The fraction of sp³-hybridized carbons (Fsp3) is 0.435. The number of H-pyrrole nitrogens is 1. The van der Waals surface area contributed by atoms with E-state index in [1.807, 2.05) is 6.07 Å². The van der Waals surface area contributed by atoms with Gasteiger partial charge in [-0.3, -0.25) is 9.59 Å². The number of aromatic nitrogens is 2. The number of hydrogen-bond donors (Lipinski definition) is 2. The summed E-state index contributed by atoms with van der Waals surface area (Å²) in [7, 11) is 0. The van der Waals surface area contributed by atoms with E-state index in [9.17, 15) is 9.59 Å². The molecule has 2 heterocycles. The van der Waals surface area contributed by atoms with Crippen LogP contribution in [-0.2, 0) is 30.5 Å². The first-order chi connectivity index (χ1) is 14.2. The fourth-order valence-corrected chi connectivity index (χ4v) is 6.01. The molecule has 2 aliphatic carbocycles. The molecule has 0 saturated carbocycles. The largest absolute Gasteiger partial charge is 0.349 e. The summed E-state index contributed by atoms with van der Waals surface area (Å²) in [5.74, 6) is 0.625.